The number of hydrogen-bond donors (Lipinski definition) is 1. The van der Waals surface area contributed by atoms with Gasteiger partial charge in [0.15, 0.2) is 0 Å². The Morgan fingerprint density at radius 2 is 1.95 bits per heavy atom. The van der Waals surface area contributed by atoms with Crippen LogP contribution in [-0.2, 0) is 6.54 Å². The van der Waals surface area contributed by atoms with Gasteiger partial charge in [-0.3, -0.25) is 9.59 Å². The van der Waals surface area contributed by atoms with Crippen molar-refractivity contribution in [2.75, 3.05) is 0 Å². The van der Waals surface area contributed by atoms with Gasteiger partial charge < -0.3 is 5.73 Å². The van der Waals surface area contributed by atoms with Crippen LogP contribution >= 0.6 is 0 Å². The molecular formula is C15H14N4O2. The number of nitriles is 1. The molecule has 106 valence electrons. The van der Waals surface area contributed by atoms with Gasteiger partial charge in [-0.05, 0) is 37.1 Å². The molecule has 0 atom stereocenters. The first-order valence-electron chi connectivity index (χ1n) is 6.31. The molecule has 0 saturated heterocycles. The van der Waals surface area contributed by atoms with Gasteiger partial charge in [0.25, 0.3) is 5.56 Å². The third kappa shape index (κ3) is 2.82. The molecule has 6 heteroatoms. The van der Waals surface area contributed by atoms with E-state index in [1.807, 2.05) is 6.07 Å². The molecule has 1 aromatic heterocycles. The lowest BCUT2D eigenvalue weighted by Gasteiger charge is -2.09. The molecule has 0 bridgehead atoms. The standard InChI is InChI=1S/C15H14N4O2/c1-9-10(2)18-19(15(21)13(9)7-16)8-11-3-5-12(6-4-11)14(17)20/h3-6H,8H2,1-2H3,(H2,17,20). The SMILES string of the molecule is Cc1nn(Cc2ccc(C(N)=O)cc2)c(=O)c(C#N)c1C. The van der Waals surface area contributed by atoms with E-state index in [1.54, 1.807) is 38.1 Å². The highest BCUT2D eigenvalue weighted by Gasteiger charge is 2.11. The number of aryl methyl sites for hydroxylation is 1. The molecule has 1 heterocycles. The van der Waals surface area contributed by atoms with Gasteiger partial charge in [-0.2, -0.15) is 10.4 Å². The summed E-state index contributed by atoms with van der Waals surface area (Å²) in [5, 5.41) is 13.3. The molecule has 1 amide bonds. The second kappa shape index (κ2) is 5.59. The summed E-state index contributed by atoms with van der Waals surface area (Å²) in [6, 6.07) is 8.51. The van der Waals surface area contributed by atoms with E-state index in [9.17, 15) is 9.59 Å². The van der Waals surface area contributed by atoms with Crippen LogP contribution in [0.2, 0.25) is 0 Å². The van der Waals surface area contributed by atoms with Gasteiger partial charge in [0.1, 0.15) is 11.6 Å². The van der Waals surface area contributed by atoms with E-state index in [2.05, 4.69) is 5.10 Å². The lowest BCUT2D eigenvalue weighted by atomic mass is 10.1. The Kier molecular flexibility index (Phi) is 3.85. The number of aromatic nitrogens is 2. The third-order valence-electron chi connectivity index (χ3n) is 3.32. The molecule has 2 rings (SSSR count). The molecule has 6 nitrogen and oxygen atoms in total. The van der Waals surface area contributed by atoms with E-state index in [-0.39, 0.29) is 12.1 Å². The molecule has 0 radical (unpaired) electrons. The van der Waals surface area contributed by atoms with Crippen molar-refractivity contribution in [1.82, 2.24) is 9.78 Å². The monoisotopic (exact) mass is 282 g/mol. The van der Waals surface area contributed by atoms with Crippen molar-refractivity contribution in [2.45, 2.75) is 20.4 Å². The zero-order valence-electron chi connectivity index (χ0n) is 11.8. The van der Waals surface area contributed by atoms with Gasteiger partial charge in [-0.25, -0.2) is 4.68 Å². The predicted octanol–water partition coefficient (Wildman–Crippen LogP) is 0.879. The molecule has 0 aliphatic rings. The number of amides is 1. The summed E-state index contributed by atoms with van der Waals surface area (Å²) in [5.41, 5.74) is 7.29. The molecule has 0 fully saturated rings. The molecule has 0 saturated carbocycles. The van der Waals surface area contributed by atoms with Gasteiger partial charge in [-0.15, -0.1) is 0 Å². The summed E-state index contributed by atoms with van der Waals surface area (Å²) in [6.07, 6.45) is 0. The maximum absolute atomic E-state index is 12.2. The second-order valence-electron chi connectivity index (χ2n) is 4.72. The van der Waals surface area contributed by atoms with Gasteiger partial charge in [0.05, 0.1) is 12.2 Å². The number of benzene rings is 1. The fraction of sp³-hybridized carbons (Fsp3) is 0.200. The number of carbonyl (C=O) groups excluding carboxylic acids is 1. The summed E-state index contributed by atoms with van der Waals surface area (Å²) >= 11 is 0. The molecule has 2 N–H and O–H groups in total. The average Bonchev–Trinajstić information content (AvgIpc) is 2.46. The average molecular weight is 282 g/mol. The Hall–Kier alpha value is -2.94. The van der Waals surface area contributed by atoms with E-state index in [1.165, 1.54) is 4.68 Å². The lowest BCUT2D eigenvalue weighted by Crippen LogP contribution is -2.28. The van der Waals surface area contributed by atoms with Crippen LogP contribution < -0.4 is 11.3 Å². The molecular weight excluding hydrogens is 268 g/mol. The maximum Gasteiger partial charge on any atom is 0.285 e. The highest BCUT2D eigenvalue weighted by atomic mass is 16.1. The van der Waals surface area contributed by atoms with E-state index in [0.29, 0.717) is 16.8 Å². The minimum atomic E-state index is -0.505. The predicted molar refractivity (Wildman–Crippen MR) is 76.7 cm³/mol. The highest BCUT2D eigenvalue weighted by molar-refractivity contribution is 5.92. The van der Waals surface area contributed by atoms with Crippen molar-refractivity contribution in [3.8, 4) is 6.07 Å². The van der Waals surface area contributed by atoms with Gasteiger partial charge in [0, 0.05) is 5.56 Å². The van der Waals surface area contributed by atoms with Crippen molar-refractivity contribution in [3.05, 3.63) is 62.6 Å². The Labute approximate surface area is 121 Å². The van der Waals surface area contributed by atoms with Crippen molar-refractivity contribution in [2.24, 2.45) is 5.73 Å². The number of primary amides is 1. The minimum absolute atomic E-state index is 0.108. The molecule has 0 aliphatic heterocycles. The van der Waals surface area contributed by atoms with E-state index >= 15 is 0 Å². The van der Waals surface area contributed by atoms with E-state index in [4.69, 9.17) is 11.0 Å². The quantitative estimate of drug-likeness (QED) is 0.902. The smallest absolute Gasteiger partial charge is 0.285 e. The van der Waals surface area contributed by atoms with Crippen LogP contribution in [0.3, 0.4) is 0 Å². The first kappa shape index (κ1) is 14.5. The van der Waals surface area contributed by atoms with Crippen molar-refractivity contribution in [3.63, 3.8) is 0 Å². The summed E-state index contributed by atoms with van der Waals surface area (Å²) in [4.78, 5) is 23.2. The fourth-order valence-electron chi connectivity index (χ4n) is 1.96. The number of nitrogens with zero attached hydrogens (tertiary/aromatic N) is 3. The van der Waals surface area contributed by atoms with Crippen LogP contribution in [0.25, 0.3) is 0 Å². The largest absolute Gasteiger partial charge is 0.366 e. The first-order chi connectivity index (χ1) is 9.93. The number of carbonyl (C=O) groups is 1. The zero-order chi connectivity index (χ0) is 15.6. The van der Waals surface area contributed by atoms with E-state index < -0.39 is 11.5 Å². The minimum Gasteiger partial charge on any atom is -0.366 e. The van der Waals surface area contributed by atoms with Gasteiger partial charge >= 0.3 is 0 Å². The van der Waals surface area contributed by atoms with Crippen LogP contribution in [-0.4, -0.2) is 15.7 Å². The Bertz CT molecular complexity index is 798. The number of hydrogen-bond acceptors (Lipinski definition) is 4. The van der Waals surface area contributed by atoms with Crippen LogP contribution in [0.5, 0.6) is 0 Å². The number of nitrogens with two attached hydrogens (primary N) is 1. The summed E-state index contributed by atoms with van der Waals surface area (Å²) in [5.74, 6) is -0.505. The van der Waals surface area contributed by atoms with Gasteiger partial charge in [-0.1, -0.05) is 12.1 Å². The molecule has 0 aliphatic carbocycles. The van der Waals surface area contributed by atoms with Crippen LogP contribution in [0.15, 0.2) is 29.1 Å². The Morgan fingerprint density at radius 3 is 2.48 bits per heavy atom. The Morgan fingerprint density at radius 1 is 1.33 bits per heavy atom. The topological polar surface area (TPSA) is 102 Å². The van der Waals surface area contributed by atoms with Crippen LogP contribution in [0.4, 0.5) is 0 Å². The van der Waals surface area contributed by atoms with Crippen molar-refractivity contribution >= 4 is 5.91 Å². The maximum atomic E-state index is 12.2. The first-order valence-corrected chi connectivity index (χ1v) is 6.31. The lowest BCUT2D eigenvalue weighted by molar-refractivity contribution is 0.100. The zero-order valence-corrected chi connectivity index (χ0v) is 11.8. The second-order valence-corrected chi connectivity index (χ2v) is 4.72. The third-order valence-corrected chi connectivity index (χ3v) is 3.32. The molecule has 0 unspecified atom stereocenters. The molecule has 21 heavy (non-hydrogen) atoms. The normalized spacial score (nSPS) is 10.1. The van der Waals surface area contributed by atoms with Crippen molar-refractivity contribution in [1.29, 1.82) is 5.26 Å². The molecule has 1 aromatic carbocycles. The number of rotatable bonds is 3. The fourth-order valence-corrected chi connectivity index (χ4v) is 1.96. The summed E-state index contributed by atoms with van der Waals surface area (Å²) < 4.78 is 1.25. The van der Waals surface area contributed by atoms with Crippen molar-refractivity contribution < 1.29 is 4.79 Å². The van der Waals surface area contributed by atoms with Crippen LogP contribution in [0.1, 0.15) is 32.7 Å². The highest BCUT2D eigenvalue weighted by Crippen LogP contribution is 2.08. The van der Waals surface area contributed by atoms with Crippen LogP contribution in [0, 0.1) is 25.2 Å². The molecule has 0 spiro atoms. The molecule has 2 aromatic rings. The van der Waals surface area contributed by atoms with E-state index in [0.717, 1.165) is 5.56 Å². The summed E-state index contributed by atoms with van der Waals surface area (Å²) in [7, 11) is 0. The Balaban J connectivity index is 2.41. The van der Waals surface area contributed by atoms with Gasteiger partial charge in [0.2, 0.25) is 5.91 Å². The summed E-state index contributed by atoms with van der Waals surface area (Å²) in [6.45, 7) is 3.68.